The molecule has 1 amide bonds. The highest BCUT2D eigenvalue weighted by molar-refractivity contribution is 7.23. The first-order valence-electron chi connectivity index (χ1n) is 4.14. The summed E-state index contributed by atoms with van der Waals surface area (Å²) in [6.45, 7) is 0. The fourth-order valence-electron chi connectivity index (χ4n) is 1.34. The van der Waals surface area contributed by atoms with E-state index in [9.17, 15) is 4.79 Å². The molecule has 0 aliphatic rings. The molecule has 0 aliphatic carbocycles. The average Bonchev–Trinajstić information content (AvgIpc) is 2.53. The number of nitrogens with zero attached hydrogens (tertiary/aromatic N) is 1. The summed E-state index contributed by atoms with van der Waals surface area (Å²) in [6.07, 6.45) is -1.15. The zero-order valence-corrected chi connectivity index (χ0v) is 8.34. The molecule has 0 spiro atoms. The van der Waals surface area contributed by atoms with E-state index in [0.29, 0.717) is 10.6 Å². The van der Waals surface area contributed by atoms with Crippen molar-refractivity contribution in [3.05, 3.63) is 29.8 Å². The molecular weight excluding hydrogens is 212 g/mol. The van der Waals surface area contributed by atoms with Crippen molar-refractivity contribution >= 4 is 32.5 Å². The highest BCUT2D eigenvalue weighted by Gasteiger charge is 2.12. The Hall–Kier alpha value is -2.06. The number of fused-ring (bicyclic) bond motifs is 1. The minimum Gasteiger partial charge on any atom is -0.465 e. The molecule has 0 radical (unpaired) electrons. The van der Waals surface area contributed by atoms with Gasteiger partial charge in [0.2, 0.25) is 0 Å². The number of hydrogen-bond acceptors (Lipinski definition) is 3. The zero-order chi connectivity index (χ0) is 10.8. The number of nitriles is 1. The van der Waals surface area contributed by atoms with E-state index >= 15 is 0 Å². The second-order valence-corrected chi connectivity index (χ2v) is 3.90. The zero-order valence-electron chi connectivity index (χ0n) is 7.52. The molecule has 15 heavy (non-hydrogen) atoms. The smallest absolute Gasteiger partial charge is 0.409 e. The Balaban J connectivity index is 2.65. The van der Waals surface area contributed by atoms with Crippen LogP contribution in [-0.2, 0) is 0 Å². The summed E-state index contributed by atoms with van der Waals surface area (Å²) < 4.78 is 0.901. The second-order valence-electron chi connectivity index (χ2n) is 2.84. The molecule has 2 aromatic rings. The number of anilines is 1. The SMILES string of the molecule is N#Cc1c(NC(=O)O)sc2ccccc12. The van der Waals surface area contributed by atoms with E-state index < -0.39 is 6.09 Å². The van der Waals surface area contributed by atoms with Gasteiger partial charge in [-0.3, -0.25) is 5.32 Å². The van der Waals surface area contributed by atoms with Gasteiger partial charge in [0.25, 0.3) is 0 Å². The van der Waals surface area contributed by atoms with Gasteiger partial charge in [-0.15, -0.1) is 11.3 Å². The van der Waals surface area contributed by atoms with Crippen molar-refractivity contribution in [1.82, 2.24) is 0 Å². The van der Waals surface area contributed by atoms with Gasteiger partial charge in [0.1, 0.15) is 11.1 Å². The van der Waals surface area contributed by atoms with E-state index in [0.717, 1.165) is 10.1 Å². The van der Waals surface area contributed by atoms with Crippen LogP contribution < -0.4 is 5.32 Å². The maximum absolute atomic E-state index is 10.5. The molecule has 4 nitrogen and oxygen atoms in total. The lowest BCUT2D eigenvalue weighted by Gasteiger charge is -1.94. The van der Waals surface area contributed by atoms with Gasteiger partial charge < -0.3 is 5.11 Å². The van der Waals surface area contributed by atoms with Gasteiger partial charge in [-0.25, -0.2) is 4.79 Å². The first-order chi connectivity index (χ1) is 7.22. The summed E-state index contributed by atoms with van der Waals surface area (Å²) in [4.78, 5) is 10.5. The Morgan fingerprint density at radius 1 is 1.47 bits per heavy atom. The fraction of sp³-hybridized carbons (Fsp3) is 0. The molecule has 0 saturated carbocycles. The first kappa shape index (κ1) is 9.49. The van der Waals surface area contributed by atoms with Crippen LogP contribution in [0.5, 0.6) is 0 Å². The van der Waals surface area contributed by atoms with Gasteiger partial charge in [0.15, 0.2) is 0 Å². The molecule has 0 aliphatic heterocycles. The molecule has 0 atom stereocenters. The molecule has 1 heterocycles. The van der Waals surface area contributed by atoms with Crippen molar-refractivity contribution in [2.45, 2.75) is 0 Å². The van der Waals surface area contributed by atoms with Gasteiger partial charge >= 0.3 is 6.09 Å². The lowest BCUT2D eigenvalue weighted by Crippen LogP contribution is -2.06. The standard InChI is InChI=1S/C10H6N2O2S/c11-5-7-6-3-1-2-4-8(6)15-9(7)12-10(13)14/h1-4,12H,(H,13,14). The highest BCUT2D eigenvalue weighted by Crippen LogP contribution is 2.34. The summed E-state index contributed by atoms with van der Waals surface area (Å²) >= 11 is 1.26. The van der Waals surface area contributed by atoms with Crippen LogP contribution in [-0.4, -0.2) is 11.2 Å². The van der Waals surface area contributed by atoms with Crippen LogP contribution in [0.2, 0.25) is 0 Å². The fourth-order valence-corrected chi connectivity index (χ4v) is 2.38. The van der Waals surface area contributed by atoms with E-state index in [4.69, 9.17) is 10.4 Å². The van der Waals surface area contributed by atoms with Crippen molar-refractivity contribution in [1.29, 1.82) is 5.26 Å². The number of nitrogens with one attached hydrogen (secondary N) is 1. The third kappa shape index (κ3) is 1.63. The van der Waals surface area contributed by atoms with Crippen LogP contribution in [0, 0.1) is 11.3 Å². The van der Waals surface area contributed by atoms with E-state index in [-0.39, 0.29) is 0 Å². The van der Waals surface area contributed by atoms with Gasteiger partial charge in [-0.1, -0.05) is 18.2 Å². The normalized spacial score (nSPS) is 9.80. The number of rotatable bonds is 1. The third-order valence-electron chi connectivity index (χ3n) is 1.93. The molecule has 2 rings (SSSR count). The topological polar surface area (TPSA) is 73.1 Å². The maximum atomic E-state index is 10.5. The minimum atomic E-state index is -1.15. The molecule has 1 aromatic carbocycles. The quantitative estimate of drug-likeness (QED) is 0.772. The molecule has 0 unspecified atom stereocenters. The van der Waals surface area contributed by atoms with Crippen molar-refractivity contribution in [2.24, 2.45) is 0 Å². The third-order valence-corrected chi connectivity index (χ3v) is 3.01. The largest absolute Gasteiger partial charge is 0.465 e. The number of carboxylic acid groups (broad SMARTS) is 1. The lowest BCUT2D eigenvalue weighted by atomic mass is 10.2. The lowest BCUT2D eigenvalue weighted by molar-refractivity contribution is 0.210. The molecule has 5 heteroatoms. The van der Waals surface area contributed by atoms with Crippen molar-refractivity contribution in [3.63, 3.8) is 0 Å². The Kier molecular flexibility index (Phi) is 2.27. The van der Waals surface area contributed by atoms with Gasteiger partial charge in [0.05, 0.1) is 5.56 Å². The Morgan fingerprint density at radius 3 is 2.87 bits per heavy atom. The highest BCUT2D eigenvalue weighted by atomic mass is 32.1. The molecule has 1 aromatic heterocycles. The molecular formula is C10H6N2O2S. The number of benzene rings is 1. The number of carbonyl (C=O) groups is 1. The summed E-state index contributed by atoms with van der Waals surface area (Å²) in [5, 5.41) is 20.9. The molecule has 2 N–H and O–H groups in total. The summed E-state index contributed by atoms with van der Waals surface area (Å²) in [6, 6.07) is 9.34. The van der Waals surface area contributed by atoms with Crippen LogP contribution in [0.4, 0.5) is 9.80 Å². The Bertz CT molecular complexity index is 568. The van der Waals surface area contributed by atoms with Crippen molar-refractivity contribution < 1.29 is 9.90 Å². The van der Waals surface area contributed by atoms with E-state index in [2.05, 4.69) is 5.32 Å². The maximum Gasteiger partial charge on any atom is 0.409 e. The Labute approximate surface area is 89.4 Å². The predicted octanol–water partition coefficient (Wildman–Crippen LogP) is 2.86. The molecule has 0 fully saturated rings. The summed E-state index contributed by atoms with van der Waals surface area (Å²) in [7, 11) is 0. The van der Waals surface area contributed by atoms with Crippen LogP contribution in [0.3, 0.4) is 0 Å². The van der Waals surface area contributed by atoms with Crippen molar-refractivity contribution in [3.8, 4) is 6.07 Å². The summed E-state index contributed by atoms with van der Waals surface area (Å²) in [5.74, 6) is 0. The van der Waals surface area contributed by atoms with Crippen LogP contribution in [0.25, 0.3) is 10.1 Å². The summed E-state index contributed by atoms with van der Waals surface area (Å²) in [5.41, 5.74) is 0.387. The monoisotopic (exact) mass is 218 g/mol. The van der Waals surface area contributed by atoms with Crippen LogP contribution in [0.1, 0.15) is 5.56 Å². The predicted molar refractivity (Wildman–Crippen MR) is 58.2 cm³/mol. The minimum absolute atomic E-state index is 0.381. The van der Waals surface area contributed by atoms with E-state index in [1.807, 2.05) is 24.3 Å². The first-order valence-corrected chi connectivity index (χ1v) is 4.95. The average molecular weight is 218 g/mol. The van der Waals surface area contributed by atoms with Gasteiger partial charge in [-0.2, -0.15) is 5.26 Å². The van der Waals surface area contributed by atoms with Crippen LogP contribution in [0.15, 0.2) is 24.3 Å². The van der Waals surface area contributed by atoms with Gasteiger partial charge in [0, 0.05) is 10.1 Å². The Morgan fingerprint density at radius 2 is 2.20 bits per heavy atom. The molecule has 74 valence electrons. The molecule has 0 saturated heterocycles. The van der Waals surface area contributed by atoms with E-state index in [1.54, 1.807) is 6.07 Å². The van der Waals surface area contributed by atoms with E-state index in [1.165, 1.54) is 11.3 Å². The van der Waals surface area contributed by atoms with Crippen molar-refractivity contribution in [2.75, 3.05) is 5.32 Å². The van der Waals surface area contributed by atoms with Gasteiger partial charge in [-0.05, 0) is 6.07 Å². The number of hydrogen-bond donors (Lipinski definition) is 2. The number of amides is 1. The molecule has 0 bridgehead atoms. The number of thiophene rings is 1. The van der Waals surface area contributed by atoms with Crippen LogP contribution >= 0.6 is 11.3 Å². The second kappa shape index (κ2) is 3.59.